The molecule has 9 nitrogen and oxygen atoms in total. The fraction of sp³-hybridized carbons (Fsp3) is 0.364. The molecular weight excluding hydrogens is 400 g/mol. The molecule has 1 fully saturated rings. The first kappa shape index (κ1) is 22.2. The number of benzene rings is 2. The molecule has 164 valence electrons. The SMILES string of the molecule is CCN(CC(=O)Nc1ccc(N2CCOCC2)cc1)C(=O)c1cccc([N+](=O)[O-])c1C. The van der Waals surface area contributed by atoms with Gasteiger partial charge in [-0.05, 0) is 44.2 Å². The van der Waals surface area contributed by atoms with Crippen LogP contribution in [0.15, 0.2) is 42.5 Å². The van der Waals surface area contributed by atoms with Crippen LogP contribution >= 0.6 is 0 Å². The van der Waals surface area contributed by atoms with E-state index in [2.05, 4.69) is 10.2 Å². The molecule has 2 aromatic carbocycles. The van der Waals surface area contributed by atoms with Gasteiger partial charge in [-0.2, -0.15) is 0 Å². The number of likely N-dealkylation sites (N-methyl/N-ethyl adjacent to an activating group) is 1. The molecule has 9 heteroatoms. The van der Waals surface area contributed by atoms with E-state index in [1.165, 1.54) is 30.0 Å². The molecule has 0 bridgehead atoms. The number of rotatable bonds is 7. The molecular formula is C22H26N4O5. The van der Waals surface area contributed by atoms with E-state index in [1.807, 2.05) is 24.3 Å². The van der Waals surface area contributed by atoms with Gasteiger partial charge < -0.3 is 19.9 Å². The molecule has 3 rings (SSSR count). The van der Waals surface area contributed by atoms with Gasteiger partial charge in [-0.25, -0.2) is 0 Å². The van der Waals surface area contributed by atoms with Crippen LogP contribution in [0, 0.1) is 17.0 Å². The predicted molar refractivity (Wildman–Crippen MR) is 118 cm³/mol. The van der Waals surface area contributed by atoms with Crippen molar-refractivity contribution in [2.24, 2.45) is 0 Å². The van der Waals surface area contributed by atoms with E-state index in [4.69, 9.17) is 4.74 Å². The maximum atomic E-state index is 12.9. The van der Waals surface area contributed by atoms with Gasteiger partial charge in [-0.15, -0.1) is 0 Å². The number of carbonyl (C=O) groups is 2. The Kier molecular flexibility index (Phi) is 7.19. The van der Waals surface area contributed by atoms with Crippen LogP contribution in [0.5, 0.6) is 0 Å². The minimum atomic E-state index is -0.518. The Labute approximate surface area is 180 Å². The molecule has 0 radical (unpaired) electrons. The number of amides is 2. The summed E-state index contributed by atoms with van der Waals surface area (Å²) in [6.07, 6.45) is 0. The van der Waals surface area contributed by atoms with Gasteiger partial charge in [-0.1, -0.05) is 6.07 Å². The number of anilines is 2. The summed E-state index contributed by atoms with van der Waals surface area (Å²) in [6, 6.07) is 11.9. The van der Waals surface area contributed by atoms with Crippen LogP contribution in [0.2, 0.25) is 0 Å². The van der Waals surface area contributed by atoms with Crippen LogP contribution in [0.4, 0.5) is 17.1 Å². The molecule has 0 aromatic heterocycles. The molecule has 1 aliphatic heterocycles. The van der Waals surface area contributed by atoms with E-state index in [0.717, 1.165) is 18.8 Å². The molecule has 0 aliphatic carbocycles. The average molecular weight is 426 g/mol. The number of nitro benzene ring substituents is 1. The Hall–Kier alpha value is -3.46. The van der Waals surface area contributed by atoms with Gasteiger partial charge in [0, 0.05) is 48.2 Å². The second-order valence-electron chi connectivity index (χ2n) is 7.22. The highest BCUT2D eigenvalue weighted by Gasteiger charge is 2.23. The van der Waals surface area contributed by atoms with E-state index >= 15 is 0 Å². The minimum Gasteiger partial charge on any atom is -0.378 e. The average Bonchev–Trinajstić information content (AvgIpc) is 2.78. The highest BCUT2D eigenvalue weighted by atomic mass is 16.6. The number of nitro groups is 1. The molecule has 1 heterocycles. The van der Waals surface area contributed by atoms with Gasteiger partial charge in [0.05, 0.1) is 18.1 Å². The van der Waals surface area contributed by atoms with Gasteiger partial charge in [0.15, 0.2) is 0 Å². The molecule has 1 N–H and O–H groups in total. The van der Waals surface area contributed by atoms with Gasteiger partial charge >= 0.3 is 0 Å². The summed E-state index contributed by atoms with van der Waals surface area (Å²) in [4.78, 5) is 39.6. The molecule has 2 aromatic rings. The van der Waals surface area contributed by atoms with Crippen LogP contribution in [0.3, 0.4) is 0 Å². The Morgan fingerprint density at radius 1 is 1.16 bits per heavy atom. The second-order valence-corrected chi connectivity index (χ2v) is 7.22. The number of ether oxygens (including phenoxy) is 1. The summed E-state index contributed by atoms with van der Waals surface area (Å²) in [6.45, 7) is 6.50. The van der Waals surface area contributed by atoms with E-state index in [1.54, 1.807) is 6.92 Å². The zero-order valence-corrected chi connectivity index (χ0v) is 17.7. The zero-order chi connectivity index (χ0) is 22.4. The van der Waals surface area contributed by atoms with Crippen molar-refractivity contribution in [3.05, 3.63) is 63.7 Å². The summed E-state index contributed by atoms with van der Waals surface area (Å²) < 4.78 is 5.36. The number of nitrogens with zero attached hydrogens (tertiary/aromatic N) is 3. The quantitative estimate of drug-likeness (QED) is 0.539. The van der Waals surface area contributed by atoms with Crippen LogP contribution < -0.4 is 10.2 Å². The lowest BCUT2D eigenvalue weighted by Gasteiger charge is -2.29. The number of carbonyl (C=O) groups excluding carboxylic acids is 2. The summed E-state index contributed by atoms with van der Waals surface area (Å²) >= 11 is 0. The van der Waals surface area contributed by atoms with Crippen LogP contribution in [0.1, 0.15) is 22.8 Å². The lowest BCUT2D eigenvalue weighted by atomic mass is 10.1. The summed E-state index contributed by atoms with van der Waals surface area (Å²) in [5, 5.41) is 14.0. The van der Waals surface area contributed by atoms with Crippen molar-refractivity contribution in [3.63, 3.8) is 0 Å². The molecule has 2 amide bonds. The third-order valence-corrected chi connectivity index (χ3v) is 5.26. The van der Waals surface area contributed by atoms with Gasteiger partial charge in [-0.3, -0.25) is 19.7 Å². The van der Waals surface area contributed by atoms with Crippen molar-refractivity contribution in [1.82, 2.24) is 4.90 Å². The smallest absolute Gasteiger partial charge is 0.273 e. The molecule has 0 atom stereocenters. The van der Waals surface area contributed by atoms with E-state index in [0.29, 0.717) is 25.4 Å². The van der Waals surface area contributed by atoms with Crippen molar-refractivity contribution in [3.8, 4) is 0 Å². The number of morpholine rings is 1. The monoisotopic (exact) mass is 426 g/mol. The minimum absolute atomic E-state index is 0.119. The first-order chi connectivity index (χ1) is 14.9. The van der Waals surface area contributed by atoms with Crippen molar-refractivity contribution >= 4 is 28.9 Å². The maximum absolute atomic E-state index is 12.9. The molecule has 31 heavy (non-hydrogen) atoms. The molecule has 0 spiro atoms. The second kappa shape index (κ2) is 10.0. The van der Waals surface area contributed by atoms with Gasteiger partial charge in [0.25, 0.3) is 11.6 Å². The Morgan fingerprint density at radius 3 is 2.45 bits per heavy atom. The normalized spacial score (nSPS) is 13.5. The number of hydrogen-bond acceptors (Lipinski definition) is 6. The largest absolute Gasteiger partial charge is 0.378 e. The Bertz CT molecular complexity index is 955. The highest BCUT2D eigenvalue weighted by Crippen LogP contribution is 2.23. The molecule has 1 saturated heterocycles. The fourth-order valence-electron chi connectivity index (χ4n) is 3.50. The summed E-state index contributed by atoms with van der Waals surface area (Å²) in [5.41, 5.74) is 2.09. The number of nitrogens with one attached hydrogen (secondary N) is 1. The van der Waals surface area contributed by atoms with Crippen LogP contribution in [-0.4, -0.2) is 61.0 Å². The maximum Gasteiger partial charge on any atom is 0.273 e. The van der Waals surface area contributed by atoms with Crippen molar-refractivity contribution in [2.75, 3.05) is 49.6 Å². The summed E-state index contributed by atoms with van der Waals surface area (Å²) in [5.74, 6) is -0.751. The van der Waals surface area contributed by atoms with Crippen molar-refractivity contribution < 1.29 is 19.2 Å². The highest BCUT2D eigenvalue weighted by molar-refractivity contribution is 6.00. The molecule has 0 saturated carbocycles. The molecule has 1 aliphatic rings. The Morgan fingerprint density at radius 2 is 1.84 bits per heavy atom. The van der Waals surface area contributed by atoms with E-state index < -0.39 is 10.8 Å². The Balaban J connectivity index is 1.64. The van der Waals surface area contributed by atoms with Crippen LogP contribution in [0.25, 0.3) is 0 Å². The van der Waals surface area contributed by atoms with Gasteiger partial charge in [0.2, 0.25) is 5.91 Å². The standard InChI is InChI=1S/C22H26N4O5/c1-3-24(22(28)19-5-4-6-20(16(19)2)26(29)30)15-21(27)23-17-7-9-18(10-8-17)25-11-13-31-14-12-25/h4-10H,3,11-15H2,1-2H3,(H,23,27). The first-order valence-corrected chi connectivity index (χ1v) is 10.2. The van der Waals surface area contributed by atoms with E-state index in [-0.39, 0.29) is 29.3 Å². The third kappa shape index (κ3) is 5.37. The van der Waals surface area contributed by atoms with Gasteiger partial charge in [0.1, 0.15) is 6.54 Å². The third-order valence-electron chi connectivity index (χ3n) is 5.26. The fourth-order valence-corrected chi connectivity index (χ4v) is 3.50. The first-order valence-electron chi connectivity index (χ1n) is 10.2. The lowest BCUT2D eigenvalue weighted by molar-refractivity contribution is -0.385. The summed E-state index contributed by atoms with van der Waals surface area (Å²) in [7, 11) is 0. The molecule has 0 unspecified atom stereocenters. The van der Waals surface area contributed by atoms with Crippen molar-refractivity contribution in [1.29, 1.82) is 0 Å². The predicted octanol–water partition coefficient (Wildman–Crippen LogP) is 2.84. The number of hydrogen-bond donors (Lipinski definition) is 1. The lowest BCUT2D eigenvalue weighted by Crippen LogP contribution is -2.38. The topological polar surface area (TPSA) is 105 Å². The van der Waals surface area contributed by atoms with Crippen LogP contribution in [-0.2, 0) is 9.53 Å². The van der Waals surface area contributed by atoms with Crippen molar-refractivity contribution in [2.45, 2.75) is 13.8 Å². The van der Waals surface area contributed by atoms with E-state index in [9.17, 15) is 19.7 Å². The zero-order valence-electron chi connectivity index (χ0n) is 17.7.